The molecule has 0 unspecified atom stereocenters. The van der Waals surface area contributed by atoms with Gasteiger partial charge in [-0.1, -0.05) is 12.1 Å². The molecule has 20 heavy (non-hydrogen) atoms. The lowest BCUT2D eigenvalue weighted by Crippen LogP contribution is -2.02. The number of hydrogen-bond donors (Lipinski definition) is 1. The minimum atomic E-state index is -0.303. The van der Waals surface area contributed by atoms with Crippen LogP contribution in [0, 0.1) is 12.7 Å². The Hall–Kier alpha value is -2.07. The van der Waals surface area contributed by atoms with E-state index in [1.54, 1.807) is 7.11 Å². The van der Waals surface area contributed by atoms with E-state index in [1.807, 2.05) is 31.2 Å². The Kier molecular flexibility index (Phi) is 4.58. The van der Waals surface area contributed by atoms with Gasteiger partial charge in [0.15, 0.2) is 11.5 Å². The Labute approximate surface area is 118 Å². The summed E-state index contributed by atoms with van der Waals surface area (Å²) in [6.45, 7) is 2.55. The monoisotopic (exact) mass is 275 g/mol. The van der Waals surface area contributed by atoms with Gasteiger partial charge < -0.3 is 15.2 Å². The molecule has 0 fully saturated rings. The van der Waals surface area contributed by atoms with E-state index in [0.717, 1.165) is 16.7 Å². The molecule has 106 valence electrons. The summed E-state index contributed by atoms with van der Waals surface area (Å²) in [7, 11) is 1.59. The highest BCUT2D eigenvalue weighted by atomic mass is 19.1. The number of methoxy groups -OCH3 is 1. The number of nitrogens with two attached hydrogens (primary N) is 1. The largest absolute Gasteiger partial charge is 0.493 e. The van der Waals surface area contributed by atoms with Gasteiger partial charge in [0.2, 0.25) is 0 Å². The van der Waals surface area contributed by atoms with Gasteiger partial charge >= 0.3 is 0 Å². The van der Waals surface area contributed by atoms with Crippen molar-refractivity contribution in [1.82, 2.24) is 0 Å². The first kappa shape index (κ1) is 14.3. The summed E-state index contributed by atoms with van der Waals surface area (Å²) in [6, 6.07) is 10.4. The molecule has 0 bridgehead atoms. The van der Waals surface area contributed by atoms with Crippen molar-refractivity contribution in [2.24, 2.45) is 5.73 Å². The van der Waals surface area contributed by atoms with Crippen LogP contribution in [0.2, 0.25) is 0 Å². The Morgan fingerprint density at radius 3 is 2.50 bits per heavy atom. The van der Waals surface area contributed by atoms with E-state index in [4.69, 9.17) is 15.2 Å². The number of rotatable bonds is 5. The molecule has 2 aromatic rings. The van der Waals surface area contributed by atoms with Crippen LogP contribution in [0.1, 0.15) is 16.7 Å². The summed E-state index contributed by atoms with van der Waals surface area (Å²) < 4.78 is 24.4. The molecule has 0 aliphatic heterocycles. The summed E-state index contributed by atoms with van der Waals surface area (Å²) in [5, 5.41) is 0. The van der Waals surface area contributed by atoms with Crippen molar-refractivity contribution in [2.75, 3.05) is 7.11 Å². The standard InChI is InChI=1S/C16H18FNO2/c1-11-3-4-15(16(5-11)19-2)20-10-13-6-12(9-18)7-14(17)8-13/h3-8H,9-10,18H2,1-2H3. The second-order valence-electron chi connectivity index (χ2n) is 4.61. The van der Waals surface area contributed by atoms with E-state index in [9.17, 15) is 4.39 Å². The average Bonchev–Trinajstić information content (AvgIpc) is 2.45. The molecule has 2 rings (SSSR count). The van der Waals surface area contributed by atoms with Crippen molar-refractivity contribution < 1.29 is 13.9 Å². The van der Waals surface area contributed by atoms with Crippen LogP contribution >= 0.6 is 0 Å². The predicted molar refractivity (Wildman–Crippen MR) is 76.4 cm³/mol. The summed E-state index contributed by atoms with van der Waals surface area (Å²) in [4.78, 5) is 0. The highest BCUT2D eigenvalue weighted by Crippen LogP contribution is 2.28. The van der Waals surface area contributed by atoms with E-state index in [2.05, 4.69) is 0 Å². The molecule has 0 saturated carbocycles. The minimum absolute atomic E-state index is 0.268. The fourth-order valence-electron chi connectivity index (χ4n) is 1.97. The van der Waals surface area contributed by atoms with Crippen molar-refractivity contribution in [3.63, 3.8) is 0 Å². The first-order valence-corrected chi connectivity index (χ1v) is 6.38. The van der Waals surface area contributed by atoms with Crippen LogP contribution in [-0.4, -0.2) is 7.11 Å². The lowest BCUT2D eigenvalue weighted by Gasteiger charge is -2.12. The molecule has 0 amide bonds. The zero-order valence-corrected chi connectivity index (χ0v) is 11.7. The molecule has 0 radical (unpaired) electrons. The van der Waals surface area contributed by atoms with Crippen LogP contribution in [0.3, 0.4) is 0 Å². The lowest BCUT2D eigenvalue weighted by atomic mass is 10.1. The SMILES string of the molecule is COc1cc(C)ccc1OCc1cc(F)cc(CN)c1. The van der Waals surface area contributed by atoms with Crippen LogP contribution in [0.5, 0.6) is 11.5 Å². The van der Waals surface area contributed by atoms with Gasteiger partial charge in [-0.2, -0.15) is 0 Å². The van der Waals surface area contributed by atoms with E-state index in [1.165, 1.54) is 12.1 Å². The third-order valence-electron chi connectivity index (χ3n) is 2.97. The molecular weight excluding hydrogens is 257 g/mol. The van der Waals surface area contributed by atoms with Crippen LogP contribution in [0.25, 0.3) is 0 Å². The molecule has 0 aliphatic carbocycles. The molecule has 0 spiro atoms. The topological polar surface area (TPSA) is 44.5 Å². The fourth-order valence-corrected chi connectivity index (χ4v) is 1.97. The summed E-state index contributed by atoms with van der Waals surface area (Å²) in [6.07, 6.45) is 0. The Balaban J connectivity index is 2.14. The van der Waals surface area contributed by atoms with Crippen LogP contribution < -0.4 is 15.2 Å². The molecule has 2 aromatic carbocycles. The van der Waals surface area contributed by atoms with Crippen LogP contribution in [0.4, 0.5) is 4.39 Å². The third-order valence-corrected chi connectivity index (χ3v) is 2.97. The fraction of sp³-hybridized carbons (Fsp3) is 0.250. The van der Waals surface area contributed by atoms with E-state index in [-0.39, 0.29) is 12.4 Å². The number of halogens is 1. The quantitative estimate of drug-likeness (QED) is 0.911. The Morgan fingerprint density at radius 1 is 1.05 bits per heavy atom. The van der Waals surface area contributed by atoms with Crippen molar-refractivity contribution >= 4 is 0 Å². The maximum Gasteiger partial charge on any atom is 0.161 e. The van der Waals surface area contributed by atoms with Gasteiger partial charge in [-0.05, 0) is 47.9 Å². The normalized spacial score (nSPS) is 10.4. The summed E-state index contributed by atoms with van der Waals surface area (Å²) >= 11 is 0. The second-order valence-corrected chi connectivity index (χ2v) is 4.61. The highest BCUT2D eigenvalue weighted by Gasteiger charge is 2.06. The van der Waals surface area contributed by atoms with Gasteiger partial charge in [0.1, 0.15) is 12.4 Å². The van der Waals surface area contributed by atoms with E-state index < -0.39 is 0 Å². The first-order chi connectivity index (χ1) is 9.62. The van der Waals surface area contributed by atoms with Gasteiger partial charge in [-0.3, -0.25) is 0 Å². The van der Waals surface area contributed by atoms with Gasteiger partial charge in [0, 0.05) is 6.54 Å². The molecule has 0 heterocycles. The maximum atomic E-state index is 13.4. The molecule has 0 aliphatic rings. The number of aryl methyl sites for hydroxylation is 1. The number of ether oxygens (including phenoxy) is 2. The Morgan fingerprint density at radius 2 is 1.80 bits per heavy atom. The molecule has 2 N–H and O–H groups in total. The number of benzene rings is 2. The molecule has 4 heteroatoms. The van der Waals surface area contributed by atoms with Crippen LogP contribution in [-0.2, 0) is 13.2 Å². The molecule has 0 saturated heterocycles. The smallest absolute Gasteiger partial charge is 0.161 e. The third kappa shape index (κ3) is 3.48. The molecule has 0 atom stereocenters. The van der Waals surface area contributed by atoms with Gasteiger partial charge in [-0.25, -0.2) is 4.39 Å². The van der Waals surface area contributed by atoms with Crippen molar-refractivity contribution in [3.8, 4) is 11.5 Å². The van der Waals surface area contributed by atoms with Gasteiger partial charge in [-0.15, -0.1) is 0 Å². The molecular formula is C16H18FNO2. The van der Waals surface area contributed by atoms with Crippen molar-refractivity contribution in [1.29, 1.82) is 0 Å². The lowest BCUT2D eigenvalue weighted by molar-refractivity contribution is 0.284. The Bertz CT molecular complexity index is 599. The van der Waals surface area contributed by atoms with Crippen LogP contribution in [0.15, 0.2) is 36.4 Å². The zero-order chi connectivity index (χ0) is 14.5. The summed E-state index contributed by atoms with van der Waals surface area (Å²) in [5.41, 5.74) is 8.11. The minimum Gasteiger partial charge on any atom is -0.493 e. The highest BCUT2D eigenvalue weighted by molar-refractivity contribution is 5.42. The van der Waals surface area contributed by atoms with E-state index in [0.29, 0.717) is 18.0 Å². The average molecular weight is 275 g/mol. The van der Waals surface area contributed by atoms with Crippen molar-refractivity contribution in [3.05, 3.63) is 58.9 Å². The predicted octanol–water partition coefficient (Wildman–Crippen LogP) is 3.18. The molecule has 3 nitrogen and oxygen atoms in total. The summed E-state index contributed by atoms with van der Waals surface area (Å²) in [5.74, 6) is 1.000. The van der Waals surface area contributed by atoms with Gasteiger partial charge in [0.25, 0.3) is 0 Å². The van der Waals surface area contributed by atoms with Crippen molar-refractivity contribution in [2.45, 2.75) is 20.1 Å². The second kappa shape index (κ2) is 6.39. The van der Waals surface area contributed by atoms with Gasteiger partial charge in [0.05, 0.1) is 7.11 Å². The van der Waals surface area contributed by atoms with E-state index >= 15 is 0 Å². The zero-order valence-electron chi connectivity index (χ0n) is 11.7. The molecule has 0 aromatic heterocycles. The first-order valence-electron chi connectivity index (χ1n) is 6.38. The maximum absolute atomic E-state index is 13.4. The number of hydrogen-bond acceptors (Lipinski definition) is 3.